The Morgan fingerprint density at radius 3 is 2.91 bits per heavy atom. The van der Waals surface area contributed by atoms with E-state index in [1.54, 1.807) is 42.1 Å². The van der Waals surface area contributed by atoms with Crippen molar-refractivity contribution < 1.29 is 14.6 Å². The first-order chi connectivity index (χ1) is 10.5. The zero-order valence-corrected chi connectivity index (χ0v) is 13.0. The number of aromatic nitrogens is 2. The lowest BCUT2D eigenvalue weighted by Crippen LogP contribution is -2.30. The van der Waals surface area contributed by atoms with Crippen LogP contribution in [0.5, 0.6) is 5.75 Å². The molecule has 2 rings (SSSR count). The highest BCUT2D eigenvalue weighted by molar-refractivity contribution is 5.92. The van der Waals surface area contributed by atoms with E-state index >= 15 is 0 Å². The fourth-order valence-electron chi connectivity index (χ4n) is 2.22. The van der Waals surface area contributed by atoms with Crippen molar-refractivity contribution in [3.05, 3.63) is 47.3 Å². The van der Waals surface area contributed by atoms with Gasteiger partial charge in [-0.15, -0.1) is 0 Å². The smallest absolute Gasteiger partial charge is 0.269 e. The Kier molecular flexibility index (Phi) is 5.16. The standard InChI is InChI=1S/C16H21N3O3/c1-4-19-14(8-11(2)18-19)16(21)17-10-15(20)12-6-5-7-13(9-12)22-3/h5-9,15,20H,4,10H2,1-3H3,(H,17,21). The van der Waals surface area contributed by atoms with Crippen LogP contribution in [-0.2, 0) is 6.54 Å². The van der Waals surface area contributed by atoms with Gasteiger partial charge in [0.2, 0.25) is 0 Å². The summed E-state index contributed by atoms with van der Waals surface area (Å²) in [7, 11) is 1.57. The molecule has 6 heteroatoms. The molecule has 0 saturated carbocycles. The number of aryl methyl sites for hydroxylation is 2. The number of hydrogen-bond donors (Lipinski definition) is 2. The van der Waals surface area contributed by atoms with Gasteiger partial charge in [-0.25, -0.2) is 0 Å². The van der Waals surface area contributed by atoms with Crippen molar-refractivity contribution in [2.24, 2.45) is 0 Å². The average molecular weight is 303 g/mol. The van der Waals surface area contributed by atoms with Gasteiger partial charge >= 0.3 is 0 Å². The molecular weight excluding hydrogens is 282 g/mol. The SMILES string of the molecule is CCn1nc(C)cc1C(=O)NCC(O)c1cccc(OC)c1. The quantitative estimate of drug-likeness (QED) is 0.851. The third-order valence-electron chi connectivity index (χ3n) is 3.37. The van der Waals surface area contributed by atoms with Crippen LogP contribution >= 0.6 is 0 Å². The minimum absolute atomic E-state index is 0.125. The number of nitrogens with one attached hydrogen (secondary N) is 1. The van der Waals surface area contributed by atoms with E-state index in [1.807, 2.05) is 13.8 Å². The lowest BCUT2D eigenvalue weighted by molar-refractivity contribution is 0.0905. The van der Waals surface area contributed by atoms with Crippen LogP contribution in [-0.4, -0.2) is 34.4 Å². The zero-order valence-electron chi connectivity index (χ0n) is 13.0. The molecule has 0 saturated heterocycles. The summed E-state index contributed by atoms with van der Waals surface area (Å²) in [6.45, 7) is 4.51. The van der Waals surface area contributed by atoms with Crippen molar-refractivity contribution in [3.8, 4) is 5.75 Å². The zero-order chi connectivity index (χ0) is 16.1. The normalized spacial score (nSPS) is 12.0. The Hall–Kier alpha value is -2.34. The molecule has 6 nitrogen and oxygen atoms in total. The van der Waals surface area contributed by atoms with Gasteiger partial charge in [-0.1, -0.05) is 12.1 Å². The Morgan fingerprint density at radius 2 is 2.23 bits per heavy atom. The Balaban J connectivity index is 2.00. The Bertz CT molecular complexity index is 652. The van der Waals surface area contributed by atoms with E-state index in [9.17, 15) is 9.90 Å². The number of benzene rings is 1. The second-order valence-electron chi connectivity index (χ2n) is 4.99. The van der Waals surface area contributed by atoms with Crippen LogP contribution in [0.2, 0.25) is 0 Å². The number of amides is 1. The summed E-state index contributed by atoms with van der Waals surface area (Å²) in [5, 5.41) is 17.1. The molecule has 0 aliphatic heterocycles. The lowest BCUT2D eigenvalue weighted by atomic mass is 10.1. The van der Waals surface area contributed by atoms with Crippen LogP contribution < -0.4 is 10.1 Å². The predicted molar refractivity (Wildman–Crippen MR) is 82.9 cm³/mol. The maximum Gasteiger partial charge on any atom is 0.269 e. The van der Waals surface area contributed by atoms with Crippen molar-refractivity contribution in [3.63, 3.8) is 0 Å². The third-order valence-corrected chi connectivity index (χ3v) is 3.37. The molecule has 0 spiro atoms. The topological polar surface area (TPSA) is 76.4 Å². The minimum atomic E-state index is -0.793. The van der Waals surface area contributed by atoms with Gasteiger partial charge < -0.3 is 15.2 Å². The number of aliphatic hydroxyl groups is 1. The maximum atomic E-state index is 12.2. The first kappa shape index (κ1) is 16.0. The molecule has 1 amide bonds. The van der Waals surface area contributed by atoms with E-state index in [2.05, 4.69) is 10.4 Å². The number of carbonyl (C=O) groups is 1. The van der Waals surface area contributed by atoms with Crippen LogP contribution in [0.25, 0.3) is 0 Å². The van der Waals surface area contributed by atoms with E-state index in [0.717, 1.165) is 5.69 Å². The largest absolute Gasteiger partial charge is 0.497 e. The lowest BCUT2D eigenvalue weighted by Gasteiger charge is -2.13. The summed E-state index contributed by atoms with van der Waals surface area (Å²) < 4.78 is 6.76. The van der Waals surface area contributed by atoms with Crippen molar-refractivity contribution in [1.29, 1.82) is 0 Å². The Morgan fingerprint density at radius 1 is 1.45 bits per heavy atom. The van der Waals surface area contributed by atoms with Gasteiger partial charge in [0.15, 0.2) is 0 Å². The van der Waals surface area contributed by atoms with Gasteiger partial charge in [-0.3, -0.25) is 9.48 Å². The van der Waals surface area contributed by atoms with E-state index < -0.39 is 6.10 Å². The number of aliphatic hydroxyl groups excluding tert-OH is 1. The van der Waals surface area contributed by atoms with E-state index in [0.29, 0.717) is 23.6 Å². The van der Waals surface area contributed by atoms with Crippen molar-refractivity contribution in [1.82, 2.24) is 15.1 Å². The molecule has 1 atom stereocenters. The molecule has 22 heavy (non-hydrogen) atoms. The van der Waals surface area contributed by atoms with Gasteiger partial charge in [-0.2, -0.15) is 5.10 Å². The van der Waals surface area contributed by atoms with Crippen molar-refractivity contribution in [2.45, 2.75) is 26.5 Å². The van der Waals surface area contributed by atoms with Crippen molar-refractivity contribution in [2.75, 3.05) is 13.7 Å². The minimum Gasteiger partial charge on any atom is -0.497 e. The average Bonchev–Trinajstić information content (AvgIpc) is 2.93. The van der Waals surface area contributed by atoms with Crippen LogP contribution in [0, 0.1) is 6.92 Å². The molecular formula is C16H21N3O3. The molecule has 0 aliphatic rings. The molecule has 2 N–H and O–H groups in total. The molecule has 118 valence electrons. The summed E-state index contributed by atoms with van der Waals surface area (Å²) in [6.07, 6.45) is -0.793. The second-order valence-corrected chi connectivity index (χ2v) is 4.99. The van der Waals surface area contributed by atoms with Gasteiger partial charge in [0, 0.05) is 13.1 Å². The molecule has 1 aromatic heterocycles. The monoisotopic (exact) mass is 303 g/mol. The van der Waals surface area contributed by atoms with Gasteiger partial charge in [0.25, 0.3) is 5.91 Å². The van der Waals surface area contributed by atoms with Gasteiger partial charge in [0.05, 0.1) is 18.9 Å². The summed E-state index contributed by atoms with van der Waals surface area (Å²) in [4.78, 5) is 12.2. The van der Waals surface area contributed by atoms with Gasteiger partial charge in [-0.05, 0) is 37.6 Å². The number of ether oxygens (including phenoxy) is 1. The molecule has 0 fully saturated rings. The molecule has 0 radical (unpaired) electrons. The molecule has 2 aromatic rings. The number of rotatable bonds is 6. The summed E-state index contributed by atoms with van der Waals surface area (Å²) in [5.41, 5.74) is 1.98. The predicted octanol–water partition coefficient (Wildman–Crippen LogP) is 1.68. The first-order valence-corrected chi connectivity index (χ1v) is 7.19. The Labute approximate surface area is 129 Å². The summed E-state index contributed by atoms with van der Waals surface area (Å²) in [5.74, 6) is 0.423. The highest BCUT2D eigenvalue weighted by Crippen LogP contribution is 2.18. The van der Waals surface area contributed by atoms with Crippen LogP contribution in [0.4, 0.5) is 0 Å². The fraction of sp³-hybridized carbons (Fsp3) is 0.375. The van der Waals surface area contributed by atoms with Crippen LogP contribution in [0.1, 0.15) is 34.8 Å². The highest BCUT2D eigenvalue weighted by Gasteiger charge is 2.15. The molecule has 1 heterocycles. The molecule has 0 bridgehead atoms. The number of carbonyl (C=O) groups excluding carboxylic acids is 1. The first-order valence-electron chi connectivity index (χ1n) is 7.19. The van der Waals surface area contributed by atoms with E-state index in [-0.39, 0.29) is 12.5 Å². The fourth-order valence-corrected chi connectivity index (χ4v) is 2.22. The number of nitrogens with zero attached hydrogens (tertiary/aromatic N) is 2. The summed E-state index contributed by atoms with van der Waals surface area (Å²) in [6, 6.07) is 8.87. The van der Waals surface area contributed by atoms with E-state index in [1.165, 1.54) is 0 Å². The second kappa shape index (κ2) is 7.09. The molecule has 1 unspecified atom stereocenters. The van der Waals surface area contributed by atoms with Crippen LogP contribution in [0.15, 0.2) is 30.3 Å². The van der Waals surface area contributed by atoms with Crippen LogP contribution in [0.3, 0.4) is 0 Å². The third kappa shape index (κ3) is 3.65. The number of methoxy groups -OCH3 is 1. The number of hydrogen-bond acceptors (Lipinski definition) is 4. The maximum absolute atomic E-state index is 12.2. The van der Waals surface area contributed by atoms with E-state index in [4.69, 9.17) is 4.74 Å². The van der Waals surface area contributed by atoms with Crippen molar-refractivity contribution >= 4 is 5.91 Å². The highest BCUT2D eigenvalue weighted by atomic mass is 16.5. The summed E-state index contributed by atoms with van der Waals surface area (Å²) >= 11 is 0. The molecule has 1 aromatic carbocycles. The van der Waals surface area contributed by atoms with Gasteiger partial charge in [0.1, 0.15) is 11.4 Å². The molecule has 0 aliphatic carbocycles.